The molecule has 0 saturated heterocycles. The Bertz CT molecular complexity index is 390. The summed E-state index contributed by atoms with van der Waals surface area (Å²) in [5.74, 6) is 1.13. The van der Waals surface area contributed by atoms with Gasteiger partial charge in [0.2, 0.25) is 5.90 Å². The van der Waals surface area contributed by atoms with Gasteiger partial charge >= 0.3 is 0 Å². The quantitative estimate of drug-likeness (QED) is 0.774. The second kappa shape index (κ2) is 4.19. The molecule has 0 aromatic carbocycles. The third-order valence-electron chi connectivity index (χ3n) is 2.45. The molecule has 0 bridgehead atoms. The summed E-state index contributed by atoms with van der Waals surface area (Å²) in [6.07, 6.45) is 3.29. The van der Waals surface area contributed by atoms with Crippen LogP contribution in [0.1, 0.15) is 19.4 Å². The Morgan fingerprint density at radius 1 is 1.53 bits per heavy atom. The minimum Gasteiger partial charge on any atom is -0.475 e. The van der Waals surface area contributed by atoms with Crippen LogP contribution in [0.3, 0.4) is 0 Å². The molecule has 1 aromatic rings. The summed E-state index contributed by atoms with van der Waals surface area (Å²) in [7, 11) is 0. The van der Waals surface area contributed by atoms with Crippen LogP contribution < -0.4 is 0 Å². The van der Waals surface area contributed by atoms with Gasteiger partial charge in [0.05, 0.1) is 16.6 Å². The number of aliphatic imine (C=N–C) groups is 1. The average Bonchev–Trinajstić information content (AvgIpc) is 2.67. The van der Waals surface area contributed by atoms with E-state index in [1.807, 2.05) is 6.07 Å². The average molecular weight is 225 g/mol. The van der Waals surface area contributed by atoms with Gasteiger partial charge in [0.15, 0.2) is 0 Å². The Morgan fingerprint density at radius 3 is 2.93 bits per heavy atom. The van der Waals surface area contributed by atoms with Crippen LogP contribution in [-0.2, 0) is 4.74 Å². The highest BCUT2D eigenvalue weighted by Crippen LogP contribution is 2.21. The monoisotopic (exact) mass is 224 g/mol. The van der Waals surface area contributed by atoms with Gasteiger partial charge < -0.3 is 4.74 Å². The highest BCUT2D eigenvalue weighted by Gasteiger charge is 2.23. The number of halogens is 1. The van der Waals surface area contributed by atoms with Gasteiger partial charge in [-0.3, -0.25) is 4.98 Å². The highest BCUT2D eigenvalue weighted by atomic mass is 35.5. The molecule has 0 spiro atoms. The zero-order chi connectivity index (χ0) is 10.8. The van der Waals surface area contributed by atoms with Gasteiger partial charge in [-0.2, -0.15) is 0 Å². The first-order valence-electron chi connectivity index (χ1n) is 4.99. The minimum atomic E-state index is 0.240. The molecule has 2 rings (SSSR count). The number of nitrogens with zero attached hydrogens (tertiary/aromatic N) is 2. The van der Waals surface area contributed by atoms with Crippen molar-refractivity contribution in [3.05, 3.63) is 29.0 Å². The van der Waals surface area contributed by atoms with E-state index in [4.69, 9.17) is 16.3 Å². The van der Waals surface area contributed by atoms with Crippen molar-refractivity contribution in [2.75, 3.05) is 6.61 Å². The van der Waals surface area contributed by atoms with E-state index in [1.165, 1.54) is 0 Å². The number of rotatable bonds is 2. The zero-order valence-corrected chi connectivity index (χ0v) is 9.53. The molecule has 0 unspecified atom stereocenters. The molecule has 3 nitrogen and oxygen atoms in total. The van der Waals surface area contributed by atoms with Crippen molar-refractivity contribution in [3.8, 4) is 0 Å². The van der Waals surface area contributed by atoms with Crippen LogP contribution in [0.15, 0.2) is 23.5 Å². The van der Waals surface area contributed by atoms with Crippen molar-refractivity contribution in [2.24, 2.45) is 10.9 Å². The number of hydrogen-bond acceptors (Lipinski definition) is 3. The summed E-state index contributed by atoms with van der Waals surface area (Å²) < 4.78 is 5.53. The molecule has 0 amide bonds. The molecule has 0 fully saturated rings. The molecular formula is C11H13ClN2O. The van der Waals surface area contributed by atoms with Crippen molar-refractivity contribution in [1.29, 1.82) is 0 Å². The van der Waals surface area contributed by atoms with E-state index in [9.17, 15) is 0 Å². The molecule has 1 aliphatic heterocycles. The maximum absolute atomic E-state index is 6.01. The molecule has 15 heavy (non-hydrogen) atoms. The molecule has 1 aromatic heterocycles. The van der Waals surface area contributed by atoms with Gasteiger partial charge in [-0.05, 0) is 12.0 Å². The van der Waals surface area contributed by atoms with Crippen LogP contribution in [0.2, 0.25) is 5.02 Å². The van der Waals surface area contributed by atoms with Crippen molar-refractivity contribution in [2.45, 2.75) is 19.9 Å². The van der Waals surface area contributed by atoms with Crippen LogP contribution in [0, 0.1) is 5.92 Å². The van der Waals surface area contributed by atoms with E-state index in [1.54, 1.807) is 12.4 Å². The summed E-state index contributed by atoms with van der Waals surface area (Å²) in [6, 6.07) is 2.06. The summed E-state index contributed by atoms with van der Waals surface area (Å²) >= 11 is 6.01. The van der Waals surface area contributed by atoms with Crippen LogP contribution in [0.25, 0.3) is 0 Å². The Balaban J connectivity index is 2.27. The lowest BCUT2D eigenvalue weighted by atomic mass is 10.1. The normalized spacial score (nSPS) is 20.3. The van der Waals surface area contributed by atoms with Gasteiger partial charge in [0.25, 0.3) is 0 Å². The van der Waals surface area contributed by atoms with Crippen LogP contribution in [-0.4, -0.2) is 23.5 Å². The molecule has 1 aliphatic rings. The second-order valence-electron chi connectivity index (χ2n) is 3.91. The smallest absolute Gasteiger partial charge is 0.218 e. The third-order valence-corrected chi connectivity index (χ3v) is 2.75. The summed E-state index contributed by atoms with van der Waals surface area (Å²) in [4.78, 5) is 8.43. The topological polar surface area (TPSA) is 34.5 Å². The maximum atomic E-state index is 6.01. The van der Waals surface area contributed by atoms with E-state index in [0.717, 1.165) is 5.56 Å². The number of hydrogen-bond donors (Lipinski definition) is 0. The van der Waals surface area contributed by atoms with Gasteiger partial charge in [0, 0.05) is 12.4 Å². The van der Waals surface area contributed by atoms with Crippen molar-refractivity contribution in [3.63, 3.8) is 0 Å². The van der Waals surface area contributed by atoms with E-state index >= 15 is 0 Å². The molecule has 0 N–H and O–H groups in total. The van der Waals surface area contributed by atoms with E-state index in [0.29, 0.717) is 23.4 Å². The van der Waals surface area contributed by atoms with Crippen LogP contribution in [0.5, 0.6) is 0 Å². The summed E-state index contributed by atoms with van der Waals surface area (Å²) in [5.41, 5.74) is 0.829. The Labute approximate surface area is 94.1 Å². The van der Waals surface area contributed by atoms with Gasteiger partial charge in [-0.15, -0.1) is 0 Å². The lowest BCUT2D eigenvalue weighted by molar-refractivity contribution is 0.292. The van der Waals surface area contributed by atoms with Crippen molar-refractivity contribution < 1.29 is 4.74 Å². The number of aromatic nitrogens is 1. The molecule has 1 atom stereocenters. The predicted octanol–water partition coefficient (Wildman–Crippen LogP) is 2.54. The van der Waals surface area contributed by atoms with E-state index in [2.05, 4.69) is 23.8 Å². The minimum absolute atomic E-state index is 0.240. The first-order valence-corrected chi connectivity index (χ1v) is 5.36. The first kappa shape index (κ1) is 10.4. The molecule has 0 radical (unpaired) electrons. The molecule has 2 heterocycles. The van der Waals surface area contributed by atoms with Crippen LogP contribution in [0.4, 0.5) is 0 Å². The Morgan fingerprint density at radius 2 is 2.33 bits per heavy atom. The number of ether oxygens (including phenoxy) is 1. The predicted molar refractivity (Wildman–Crippen MR) is 60.4 cm³/mol. The largest absolute Gasteiger partial charge is 0.475 e. The van der Waals surface area contributed by atoms with E-state index in [-0.39, 0.29) is 6.04 Å². The Hall–Kier alpha value is -1.09. The molecule has 0 saturated carbocycles. The van der Waals surface area contributed by atoms with Crippen molar-refractivity contribution in [1.82, 2.24) is 4.98 Å². The molecule has 80 valence electrons. The highest BCUT2D eigenvalue weighted by molar-refractivity contribution is 6.33. The SMILES string of the molecule is CC(C)[C@@H]1COC(c2ccncc2Cl)=N1. The van der Waals surface area contributed by atoms with Crippen LogP contribution >= 0.6 is 11.6 Å². The standard InChI is InChI=1S/C11H13ClN2O/c1-7(2)10-6-15-11(14-10)8-3-4-13-5-9(8)12/h3-5,7,10H,6H2,1-2H3/t10-/m0/s1. The lowest BCUT2D eigenvalue weighted by Crippen LogP contribution is -2.13. The Kier molecular flexibility index (Phi) is 2.91. The zero-order valence-electron chi connectivity index (χ0n) is 8.77. The third kappa shape index (κ3) is 2.12. The first-order chi connectivity index (χ1) is 7.18. The van der Waals surface area contributed by atoms with Gasteiger partial charge in [-0.25, -0.2) is 4.99 Å². The molecule has 0 aliphatic carbocycles. The fourth-order valence-electron chi connectivity index (χ4n) is 1.43. The molecular weight excluding hydrogens is 212 g/mol. The fourth-order valence-corrected chi connectivity index (χ4v) is 1.63. The van der Waals surface area contributed by atoms with Gasteiger partial charge in [-0.1, -0.05) is 25.4 Å². The fraction of sp³-hybridized carbons (Fsp3) is 0.455. The molecule has 4 heteroatoms. The maximum Gasteiger partial charge on any atom is 0.218 e. The second-order valence-corrected chi connectivity index (χ2v) is 4.32. The summed E-state index contributed by atoms with van der Waals surface area (Å²) in [6.45, 7) is 4.91. The van der Waals surface area contributed by atoms with Gasteiger partial charge in [0.1, 0.15) is 6.61 Å². The number of pyridine rings is 1. The summed E-state index contributed by atoms with van der Waals surface area (Å²) in [5, 5.41) is 0.584. The van der Waals surface area contributed by atoms with Crippen molar-refractivity contribution >= 4 is 17.5 Å². The lowest BCUT2D eigenvalue weighted by Gasteiger charge is -2.06. The van der Waals surface area contributed by atoms with E-state index < -0.39 is 0 Å².